The lowest BCUT2D eigenvalue weighted by molar-refractivity contribution is -0.136. The van der Waals surface area contributed by atoms with Crippen molar-refractivity contribution in [2.45, 2.75) is 38.6 Å². The number of fused-ring (bicyclic) bond motifs is 1. The molecule has 1 fully saturated rings. The summed E-state index contributed by atoms with van der Waals surface area (Å²) in [5.41, 5.74) is 3.56. The number of carbonyl (C=O) groups is 1. The second-order valence-corrected chi connectivity index (χ2v) is 7.79. The zero-order chi connectivity index (χ0) is 20.4. The van der Waals surface area contributed by atoms with Crippen molar-refractivity contribution < 1.29 is 19.0 Å². The predicted molar refractivity (Wildman–Crippen MR) is 112 cm³/mol. The highest BCUT2D eigenvalue weighted by Crippen LogP contribution is 2.41. The van der Waals surface area contributed by atoms with E-state index in [-0.39, 0.29) is 17.9 Å². The summed E-state index contributed by atoms with van der Waals surface area (Å²) < 4.78 is 17.1. The zero-order valence-electron chi connectivity index (χ0n) is 17.4. The first-order chi connectivity index (χ1) is 14.1. The largest absolute Gasteiger partial charge is 0.493 e. The van der Waals surface area contributed by atoms with Gasteiger partial charge in [-0.2, -0.15) is 0 Å². The van der Waals surface area contributed by atoms with Gasteiger partial charge in [0.2, 0.25) is 5.91 Å². The summed E-state index contributed by atoms with van der Waals surface area (Å²) in [4.78, 5) is 15.0. The maximum Gasteiger partial charge on any atom is 0.226 e. The number of benzene rings is 2. The molecule has 0 radical (unpaired) electrons. The van der Waals surface area contributed by atoms with Crippen LogP contribution < -0.4 is 14.2 Å². The van der Waals surface area contributed by atoms with E-state index in [4.69, 9.17) is 14.2 Å². The van der Waals surface area contributed by atoms with Gasteiger partial charge in [-0.3, -0.25) is 4.79 Å². The first-order valence-electron chi connectivity index (χ1n) is 10.4. The second kappa shape index (κ2) is 8.36. The molecule has 29 heavy (non-hydrogen) atoms. The number of ether oxygens (including phenoxy) is 3. The summed E-state index contributed by atoms with van der Waals surface area (Å²) >= 11 is 0. The second-order valence-electron chi connectivity index (χ2n) is 7.79. The maximum atomic E-state index is 13.0. The molecule has 1 atom stereocenters. The fraction of sp³-hybridized carbons (Fsp3) is 0.458. The van der Waals surface area contributed by atoms with Gasteiger partial charge in [-0.15, -0.1) is 0 Å². The molecule has 2 aliphatic rings. The number of aryl methyl sites for hydroxylation is 1. The van der Waals surface area contributed by atoms with Crippen molar-refractivity contribution in [3.8, 4) is 17.2 Å². The van der Waals surface area contributed by atoms with E-state index < -0.39 is 0 Å². The van der Waals surface area contributed by atoms with Crippen molar-refractivity contribution in [3.63, 3.8) is 0 Å². The molecular weight excluding hydrogens is 366 g/mol. The molecule has 0 saturated heterocycles. The fourth-order valence-corrected chi connectivity index (χ4v) is 4.03. The van der Waals surface area contributed by atoms with Crippen LogP contribution >= 0.6 is 0 Å². The first kappa shape index (κ1) is 19.6. The summed E-state index contributed by atoms with van der Waals surface area (Å²) in [5.74, 6) is 2.67. The van der Waals surface area contributed by atoms with Crippen LogP contribution in [0.2, 0.25) is 0 Å². The molecule has 1 heterocycles. The standard InChI is InChI=1S/C24H29NO4/c1-4-16-5-9-19(10-6-16)29-15-21-20-14-23(28-3)22(27-2)13-18(20)11-12-25(21)24(26)17-7-8-17/h5-6,9-10,13-14,17,21H,4,7-8,11-12,15H2,1-3H3/t21-/m1/s1. The van der Waals surface area contributed by atoms with Crippen molar-refractivity contribution in [1.82, 2.24) is 4.90 Å². The van der Waals surface area contributed by atoms with Crippen molar-refractivity contribution >= 4 is 5.91 Å². The summed E-state index contributed by atoms with van der Waals surface area (Å²) in [6, 6.07) is 12.1. The van der Waals surface area contributed by atoms with Gasteiger partial charge in [0.25, 0.3) is 0 Å². The van der Waals surface area contributed by atoms with E-state index in [0.717, 1.165) is 42.7 Å². The van der Waals surface area contributed by atoms with Crippen LogP contribution in [0, 0.1) is 5.92 Å². The third-order valence-electron chi connectivity index (χ3n) is 5.95. The van der Waals surface area contributed by atoms with Gasteiger partial charge in [0.05, 0.1) is 20.3 Å². The normalized spacial score (nSPS) is 18.2. The quantitative estimate of drug-likeness (QED) is 0.706. The highest BCUT2D eigenvalue weighted by atomic mass is 16.5. The molecular formula is C24H29NO4. The van der Waals surface area contributed by atoms with Crippen LogP contribution in [0.15, 0.2) is 36.4 Å². The average molecular weight is 395 g/mol. The van der Waals surface area contributed by atoms with Crippen LogP contribution in [0.1, 0.15) is 42.5 Å². The topological polar surface area (TPSA) is 48.0 Å². The van der Waals surface area contributed by atoms with Gasteiger partial charge >= 0.3 is 0 Å². The SMILES string of the molecule is CCc1ccc(OC[C@@H]2c3cc(OC)c(OC)cc3CCN2C(=O)C2CC2)cc1. The fourth-order valence-electron chi connectivity index (χ4n) is 4.03. The molecule has 0 spiro atoms. The first-order valence-corrected chi connectivity index (χ1v) is 10.4. The Labute approximate surface area is 172 Å². The minimum Gasteiger partial charge on any atom is -0.493 e. The van der Waals surface area contributed by atoms with E-state index in [1.54, 1.807) is 14.2 Å². The number of nitrogens with zero attached hydrogens (tertiary/aromatic N) is 1. The number of carbonyl (C=O) groups excluding carboxylic acids is 1. The lowest BCUT2D eigenvalue weighted by atomic mass is 9.91. The predicted octanol–water partition coefficient (Wildman–Crippen LogP) is 4.18. The molecule has 1 amide bonds. The van der Waals surface area contributed by atoms with Crippen molar-refractivity contribution in [1.29, 1.82) is 0 Å². The van der Waals surface area contributed by atoms with Crippen LogP contribution in [-0.2, 0) is 17.6 Å². The molecule has 5 heteroatoms. The zero-order valence-corrected chi connectivity index (χ0v) is 17.4. The van der Waals surface area contributed by atoms with Crippen LogP contribution in [0.4, 0.5) is 0 Å². The van der Waals surface area contributed by atoms with E-state index in [9.17, 15) is 4.79 Å². The molecule has 0 unspecified atom stereocenters. The van der Waals surface area contributed by atoms with Gasteiger partial charge in [-0.25, -0.2) is 0 Å². The van der Waals surface area contributed by atoms with Crippen molar-refractivity contribution in [2.75, 3.05) is 27.4 Å². The lowest BCUT2D eigenvalue weighted by Crippen LogP contribution is -2.43. The summed E-state index contributed by atoms with van der Waals surface area (Å²) in [5, 5.41) is 0. The van der Waals surface area contributed by atoms with Gasteiger partial charge in [0.15, 0.2) is 11.5 Å². The summed E-state index contributed by atoms with van der Waals surface area (Å²) in [7, 11) is 3.29. The molecule has 5 nitrogen and oxygen atoms in total. The minimum absolute atomic E-state index is 0.127. The lowest BCUT2D eigenvalue weighted by Gasteiger charge is -2.37. The Kier molecular flexibility index (Phi) is 5.65. The van der Waals surface area contributed by atoms with Gasteiger partial charge < -0.3 is 19.1 Å². The van der Waals surface area contributed by atoms with Gasteiger partial charge in [-0.1, -0.05) is 19.1 Å². The molecule has 4 rings (SSSR count). The van der Waals surface area contributed by atoms with Gasteiger partial charge in [-0.05, 0) is 66.6 Å². The third-order valence-corrected chi connectivity index (χ3v) is 5.95. The Morgan fingerprint density at radius 3 is 2.38 bits per heavy atom. The number of hydrogen-bond acceptors (Lipinski definition) is 4. The van der Waals surface area contributed by atoms with Crippen LogP contribution in [0.5, 0.6) is 17.2 Å². The van der Waals surface area contributed by atoms with Gasteiger partial charge in [0, 0.05) is 12.5 Å². The molecule has 2 aromatic carbocycles. The number of rotatable bonds is 7. The Morgan fingerprint density at radius 2 is 1.76 bits per heavy atom. The highest BCUT2D eigenvalue weighted by molar-refractivity contribution is 5.82. The average Bonchev–Trinajstić information content (AvgIpc) is 3.61. The third kappa shape index (κ3) is 4.04. The van der Waals surface area contributed by atoms with E-state index in [0.29, 0.717) is 18.9 Å². The van der Waals surface area contributed by atoms with Crippen LogP contribution in [-0.4, -0.2) is 38.2 Å². The number of hydrogen-bond donors (Lipinski definition) is 0. The molecule has 1 saturated carbocycles. The summed E-state index contributed by atoms with van der Waals surface area (Å²) in [6.07, 6.45) is 3.82. The smallest absolute Gasteiger partial charge is 0.226 e. The number of methoxy groups -OCH3 is 2. The van der Waals surface area contributed by atoms with E-state index in [1.165, 1.54) is 11.1 Å². The van der Waals surface area contributed by atoms with Gasteiger partial charge in [0.1, 0.15) is 12.4 Å². The molecule has 0 N–H and O–H groups in total. The molecule has 0 aromatic heterocycles. The Balaban J connectivity index is 1.63. The minimum atomic E-state index is -0.127. The molecule has 1 aliphatic heterocycles. The Hall–Kier alpha value is -2.69. The highest BCUT2D eigenvalue weighted by Gasteiger charge is 2.39. The maximum absolute atomic E-state index is 13.0. The van der Waals surface area contributed by atoms with Crippen LogP contribution in [0.25, 0.3) is 0 Å². The molecule has 1 aliphatic carbocycles. The Morgan fingerprint density at radius 1 is 1.07 bits per heavy atom. The van der Waals surface area contributed by atoms with E-state index >= 15 is 0 Å². The van der Waals surface area contributed by atoms with Crippen LogP contribution in [0.3, 0.4) is 0 Å². The molecule has 0 bridgehead atoms. The van der Waals surface area contributed by atoms with Crippen molar-refractivity contribution in [2.24, 2.45) is 5.92 Å². The Bertz CT molecular complexity index is 873. The molecule has 154 valence electrons. The van der Waals surface area contributed by atoms with Crippen molar-refractivity contribution in [3.05, 3.63) is 53.1 Å². The molecule has 2 aromatic rings. The summed E-state index contributed by atoms with van der Waals surface area (Å²) in [6.45, 7) is 3.27. The number of amides is 1. The van der Waals surface area contributed by atoms with E-state index in [2.05, 4.69) is 19.1 Å². The van der Waals surface area contributed by atoms with E-state index in [1.807, 2.05) is 29.2 Å². The monoisotopic (exact) mass is 395 g/mol.